The van der Waals surface area contributed by atoms with E-state index in [-0.39, 0.29) is 0 Å². The smallest absolute Gasteiger partial charge is 0.416 e. The third-order valence-corrected chi connectivity index (χ3v) is 9.71. The van der Waals surface area contributed by atoms with Crippen molar-refractivity contribution in [3.63, 3.8) is 0 Å². The van der Waals surface area contributed by atoms with Crippen LogP contribution in [0.3, 0.4) is 0 Å². The summed E-state index contributed by atoms with van der Waals surface area (Å²) in [5.74, 6) is 0.506. The Hall–Kier alpha value is -4.07. The molecular formula is C33H32F3N3O5S2. The number of carboxylic acids is 1. The fourth-order valence-corrected chi connectivity index (χ4v) is 6.91. The third kappa shape index (κ3) is 8.59. The fourth-order valence-electron chi connectivity index (χ4n) is 4.73. The molecule has 1 atom stereocenters. The van der Waals surface area contributed by atoms with E-state index in [9.17, 15) is 22.8 Å². The average molecular weight is 672 g/mol. The molecule has 0 aliphatic carbocycles. The Morgan fingerprint density at radius 2 is 1.72 bits per heavy atom. The molecule has 2 heterocycles. The van der Waals surface area contributed by atoms with Gasteiger partial charge in [0.1, 0.15) is 16.5 Å². The Morgan fingerprint density at radius 3 is 2.35 bits per heavy atom. The number of thioether (sulfide) groups is 1. The fraction of sp³-hybridized carbons (Fsp3) is 0.303. The molecule has 4 aromatic rings. The standard InChI is InChI=1S/C33H32F3N3O5S2/c1-21-18-26(12-13-28(21)43-22(2)31(40)41)45-20-29-27(37-30(46-29)23-8-10-24(11-9-23)33(34,35)36)19-38-14-16-39(17-15-38)32(42)44-25-6-4-3-5-7-25/h3-13,18,22H,14-17,19-20H2,1-2H3,(H,40,41). The molecule has 1 saturated heterocycles. The normalized spacial score (nSPS) is 14.6. The number of carbonyl (C=O) groups is 2. The van der Waals surface area contributed by atoms with Crippen molar-refractivity contribution < 1.29 is 37.3 Å². The van der Waals surface area contributed by atoms with E-state index >= 15 is 0 Å². The lowest BCUT2D eigenvalue weighted by molar-refractivity contribution is -0.144. The third-order valence-electron chi connectivity index (χ3n) is 7.36. The second-order valence-electron chi connectivity index (χ2n) is 10.7. The molecule has 0 bridgehead atoms. The number of rotatable bonds is 10. The number of hydrogen-bond donors (Lipinski definition) is 1. The number of aryl methyl sites for hydroxylation is 1. The Morgan fingerprint density at radius 1 is 1.02 bits per heavy atom. The number of para-hydroxylation sites is 1. The first kappa shape index (κ1) is 33.3. The summed E-state index contributed by atoms with van der Waals surface area (Å²) in [6.45, 7) is 6.04. The van der Waals surface area contributed by atoms with Crippen LogP contribution in [-0.2, 0) is 23.3 Å². The van der Waals surface area contributed by atoms with Crippen LogP contribution in [0, 0.1) is 6.92 Å². The lowest BCUT2D eigenvalue weighted by Gasteiger charge is -2.33. The number of hydrogen-bond acceptors (Lipinski definition) is 8. The summed E-state index contributed by atoms with van der Waals surface area (Å²) in [4.78, 5) is 34.5. The van der Waals surface area contributed by atoms with Gasteiger partial charge in [-0.1, -0.05) is 30.3 Å². The molecule has 1 N–H and O–H groups in total. The molecule has 1 amide bonds. The van der Waals surface area contributed by atoms with Gasteiger partial charge in [0, 0.05) is 53.8 Å². The largest absolute Gasteiger partial charge is 0.479 e. The molecule has 1 unspecified atom stereocenters. The van der Waals surface area contributed by atoms with Gasteiger partial charge in [0.15, 0.2) is 6.10 Å². The van der Waals surface area contributed by atoms with E-state index in [2.05, 4.69) is 4.90 Å². The summed E-state index contributed by atoms with van der Waals surface area (Å²) in [6, 6.07) is 19.5. The van der Waals surface area contributed by atoms with Crippen molar-refractivity contribution in [2.45, 2.75) is 43.3 Å². The maximum Gasteiger partial charge on any atom is 0.416 e. The van der Waals surface area contributed by atoms with Gasteiger partial charge in [-0.3, -0.25) is 4.90 Å². The van der Waals surface area contributed by atoms with Gasteiger partial charge >= 0.3 is 18.2 Å². The number of amides is 1. The van der Waals surface area contributed by atoms with Crippen LogP contribution < -0.4 is 9.47 Å². The summed E-state index contributed by atoms with van der Waals surface area (Å²) in [6.07, 6.45) is -5.80. The lowest BCUT2D eigenvalue weighted by atomic mass is 10.1. The number of halogens is 3. The molecule has 5 rings (SSSR count). The minimum absolute atomic E-state index is 0.398. The second-order valence-corrected chi connectivity index (χ2v) is 12.9. The van der Waals surface area contributed by atoms with Crippen molar-refractivity contribution in [1.29, 1.82) is 0 Å². The average Bonchev–Trinajstić information content (AvgIpc) is 3.44. The Kier molecular flexibility index (Phi) is 10.5. The molecule has 13 heteroatoms. The maximum absolute atomic E-state index is 13.2. The first-order valence-corrected chi connectivity index (χ1v) is 16.3. The number of aromatic nitrogens is 1. The number of alkyl halides is 3. The van der Waals surface area contributed by atoms with E-state index in [0.717, 1.165) is 33.2 Å². The van der Waals surface area contributed by atoms with E-state index in [0.29, 0.717) is 60.5 Å². The molecule has 0 radical (unpaired) electrons. The molecule has 1 fully saturated rings. The van der Waals surface area contributed by atoms with Crippen molar-refractivity contribution in [1.82, 2.24) is 14.8 Å². The number of benzene rings is 3. The highest BCUT2D eigenvalue weighted by Crippen LogP contribution is 2.36. The van der Waals surface area contributed by atoms with Crippen molar-refractivity contribution >= 4 is 35.2 Å². The minimum atomic E-state index is -4.42. The predicted octanol–water partition coefficient (Wildman–Crippen LogP) is 7.60. The summed E-state index contributed by atoms with van der Waals surface area (Å²) >= 11 is 3.02. The van der Waals surface area contributed by atoms with Gasteiger partial charge < -0.3 is 19.5 Å². The molecular weight excluding hydrogens is 640 g/mol. The predicted molar refractivity (Wildman–Crippen MR) is 170 cm³/mol. The van der Waals surface area contributed by atoms with Crippen molar-refractivity contribution in [2.75, 3.05) is 26.2 Å². The van der Waals surface area contributed by atoms with Gasteiger partial charge in [0.25, 0.3) is 0 Å². The Labute approximate surface area is 272 Å². The van der Waals surface area contributed by atoms with E-state index in [4.69, 9.17) is 19.6 Å². The zero-order valence-electron chi connectivity index (χ0n) is 25.1. The number of thiazole rings is 1. The molecule has 8 nitrogen and oxygen atoms in total. The number of carbonyl (C=O) groups excluding carboxylic acids is 1. The molecule has 3 aromatic carbocycles. The van der Waals surface area contributed by atoms with Crippen LogP contribution in [0.5, 0.6) is 11.5 Å². The summed E-state index contributed by atoms with van der Waals surface area (Å²) in [5, 5.41) is 9.79. The molecule has 1 aliphatic rings. The molecule has 242 valence electrons. The van der Waals surface area contributed by atoms with Gasteiger partial charge in [-0.15, -0.1) is 23.1 Å². The van der Waals surface area contributed by atoms with Crippen LogP contribution in [0.25, 0.3) is 10.6 Å². The highest BCUT2D eigenvalue weighted by Gasteiger charge is 2.30. The maximum atomic E-state index is 13.2. The van der Waals surface area contributed by atoms with Crippen LogP contribution >= 0.6 is 23.1 Å². The number of ether oxygens (including phenoxy) is 2. The SMILES string of the molecule is Cc1cc(SCc2sc(-c3ccc(C(F)(F)F)cc3)nc2CN2CCN(C(=O)Oc3ccccc3)CC2)ccc1OC(C)C(=O)O. The molecule has 46 heavy (non-hydrogen) atoms. The summed E-state index contributed by atoms with van der Waals surface area (Å²) in [7, 11) is 0. The zero-order chi connectivity index (χ0) is 32.8. The molecule has 0 saturated carbocycles. The number of carboxylic acid groups (broad SMARTS) is 1. The van der Waals surface area contributed by atoms with Gasteiger partial charge in [0.05, 0.1) is 11.3 Å². The zero-order valence-corrected chi connectivity index (χ0v) is 26.8. The van der Waals surface area contributed by atoms with Crippen LogP contribution in [0.4, 0.5) is 18.0 Å². The first-order chi connectivity index (χ1) is 22.0. The van der Waals surface area contributed by atoms with Crippen molar-refractivity contribution in [3.05, 3.63) is 94.5 Å². The van der Waals surface area contributed by atoms with Gasteiger partial charge in [-0.25, -0.2) is 14.6 Å². The second kappa shape index (κ2) is 14.6. The molecule has 1 aromatic heterocycles. The summed E-state index contributed by atoms with van der Waals surface area (Å²) in [5.41, 5.74) is 1.53. The van der Waals surface area contributed by atoms with Crippen molar-refractivity contribution in [3.8, 4) is 22.1 Å². The van der Waals surface area contributed by atoms with Gasteiger partial charge in [-0.05, 0) is 61.9 Å². The Balaban J connectivity index is 1.29. The van der Waals surface area contributed by atoms with Crippen molar-refractivity contribution in [2.24, 2.45) is 0 Å². The highest BCUT2D eigenvalue weighted by molar-refractivity contribution is 7.98. The molecule has 0 spiro atoms. The van der Waals surface area contributed by atoms with Crippen LogP contribution in [0.1, 0.15) is 28.6 Å². The van der Waals surface area contributed by atoms with Gasteiger partial charge in [-0.2, -0.15) is 13.2 Å². The summed E-state index contributed by atoms with van der Waals surface area (Å²) < 4.78 is 50.5. The number of nitrogens with zero attached hydrogens (tertiary/aromatic N) is 3. The monoisotopic (exact) mass is 671 g/mol. The van der Waals surface area contributed by atoms with Crippen LogP contribution in [0.15, 0.2) is 77.7 Å². The highest BCUT2D eigenvalue weighted by atomic mass is 32.2. The van der Waals surface area contributed by atoms with E-state index in [1.54, 1.807) is 47.0 Å². The first-order valence-electron chi connectivity index (χ1n) is 14.5. The lowest BCUT2D eigenvalue weighted by Crippen LogP contribution is -2.49. The quantitative estimate of drug-likeness (QED) is 0.173. The topological polar surface area (TPSA) is 92.2 Å². The van der Waals surface area contributed by atoms with Crippen LogP contribution in [0.2, 0.25) is 0 Å². The number of piperazine rings is 1. The van der Waals surface area contributed by atoms with Crippen LogP contribution in [-0.4, -0.2) is 64.2 Å². The van der Waals surface area contributed by atoms with E-state index < -0.39 is 29.9 Å². The van der Waals surface area contributed by atoms with E-state index in [1.165, 1.54) is 30.4 Å². The van der Waals surface area contributed by atoms with E-state index in [1.807, 2.05) is 25.1 Å². The minimum Gasteiger partial charge on any atom is -0.479 e. The molecule has 1 aliphatic heterocycles. The van der Waals surface area contributed by atoms with Gasteiger partial charge in [0.2, 0.25) is 0 Å². The Bertz CT molecular complexity index is 1660. The number of aliphatic carboxylic acids is 1.